The quantitative estimate of drug-likeness (QED) is 0.828. The molecule has 2 heterocycles. The van der Waals surface area contributed by atoms with E-state index in [0.29, 0.717) is 10.7 Å². The molecule has 0 spiro atoms. The van der Waals surface area contributed by atoms with E-state index in [1.807, 2.05) is 24.6 Å². The fourth-order valence-electron chi connectivity index (χ4n) is 1.32. The normalized spacial score (nSPS) is 10.2. The zero-order chi connectivity index (χ0) is 12.3. The molecule has 17 heavy (non-hydrogen) atoms. The van der Waals surface area contributed by atoms with Gasteiger partial charge in [-0.3, -0.25) is 4.98 Å². The largest absolute Gasteiger partial charge is 0.388 e. The number of hydrogen-bond acceptors (Lipinski definition) is 5. The lowest BCUT2D eigenvalue weighted by atomic mass is 10.3. The first-order valence-corrected chi connectivity index (χ1v) is 6.34. The molecular formula is C11H12N4S2. The molecule has 0 unspecified atom stereocenters. The van der Waals surface area contributed by atoms with Crippen molar-refractivity contribution < 1.29 is 0 Å². The first-order chi connectivity index (χ1) is 8.16. The zero-order valence-electron chi connectivity index (χ0n) is 9.30. The van der Waals surface area contributed by atoms with Crippen molar-refractivity contribution in [2.24, 2.45) is 5.73 Å². The molecule has 4 nitrogen and oxygen atoms in total. The minimum absolute atomic E-state index is 0.315. The van der Waals surface area contributed by atoms with Crippen molar-refractivity contribution in [3.8, 4) is 0 Å². The summed E-state index contributed by atoms with van der Waals surface area (Å²) in [5.74, 6) is 0. The van der Waals surface area contributed by atoms with Gasteiger partial charge >= 0.3 is 0 Å². The van der Waals surface area contributed by atoms with Gasteiger partial charge in [0.15, 0.2) is 0 Å². The highest BCUT2D eigenvalue weighted by molar-refractivity contribution is 7.80. The number of pyridine rings is 1. The van der Waals surface area contributed by atoms with Crippen LogP contribution in [0.2, 0.25) is 0 Å². The van der Waals surface area contributed by atoms with Crippen LogP contribution in [0.5, 0.6) is 0 Å². The van der Waals surface area contributed by atoms with E-state index < -0.39 is 0 Å². The Balaban J connectivity index is 2.00. The number of nitrogens with two attached hydrogens (primary N) is 1. The fourth-order valence-corrected chi connectivity index (χ4v) is 2.16. The molecule has 2 aromatic rings. The van der Waals surface area contributed by atoms with Crippen molar-refractivity contribution in [1.82, 2.24) is 9.97 Å². The van der Waals surface area contributed by atoms with Crippen LogP contribution in [0.3, 0.4) is 0 Å². The summed E-state index contributed by atoms with van der Waals surface area (Å²) < 4.78 is 0. The second kappa shape index (κ2) is 5.20. The third-order valence-corrected chi connectivity index (χ3v) is 3.46. The van der Waals surface area contributed by atoms with Gasteiger partial charge < -0.3 is 11.1 Å². The molecule has 2 aromatic heterocycles. The summed E-state index contributed by atoms with van der Waals surface area (Å²) in [7, 11) is 0. The fraction of sp³-hybridized carbons (Fsp3) is 0.182. The van der Waals surface area contributed by atoms with Gasteiger partial charge in [0.25, 0.3) is 0 Å². The lowest BCUT2D eigenvalue weighted by Crippen LogP contribution is -2.11. The van der Waals surface area contributed by atoms with E-state index in [0.717, 1.165) is 17.9 Å². The molecule has 0 aliphatic heterocycles. The van der Waals surface area contributed by atoms with E-state index in [1.54, 1.807) is 17.5 Å². The van der Waals surface area contributed by atoms with Crippen LogP contribution in [0.1, 0.15) is 16.3 Å². The van der Waals surface area contributed by atoms with Crippen LogP contribution < -0.4 is 11.1 Å². The third kappa shape index (κ3) is 2.98. The summed E-state index contributed by atoms with van der Waals surface area (Å²) in [6.45, 7) is 2.76. The highest BCUT2D eigenvalue weighted by atomic mass is 32.1. The maximum absolute atomic E-state index is 5.48. The molecule has 0 saturated heterocycles. The number of aryl methyl sites for hydroxylation is 1. The molecule has 0 amide bonds. The van der Waals surface area contributed by atoms with Crippen molar-refractivity contribution in [3.63, 3.8) is 0 Å². The Morgan fingerprint density at radius 1 is 1.47 bits per heavy atom. The third-order valence-electron chi connectivity index (χ3n) is 2.31. The van der Waals surface area contributed by atoms with Crippen molar-refractivity contribution in [2.45, 2.75) is 13.5 Å². The maximum Gasteiger partial charge on any atom is 0.122 e. The second-order valence-electron chi connectivity index (χ2n) is 3.51. The summed E-state index contributed by atoms with van der Waals surface area (Å²) in [6.07, 6.45) is 1.73. The van der Waals surface area contributed by atoms with Gasteiger partial charge in [0.2, 0.25) is 0 Å². The minimum atomic E-state index is 0.315. The second-order valence-corrected chi connectivity index (χ2v) is 4.89. The SMILES string of the molecule is Cc1ncsc1CNc1ccc(C(N)=S)nc1. The lowest BCUT2D eigenvalue weighted by Gasteiger charge is -2.05. The maximum atomic E-state index is 5.48. The van der Waals surface area contributed by atoms with E-state index in [9.17, 15) is 0 Å². The first kappa shape index (κ1) is 11.9. The van der Waals surface area contributed by atoms with Crippen LogP contribution in [0, 0.1) is 6.92 Å². The number of rotatable bonds is 4. The number of hydrogen-bond donors (Lipinski definition) is 2. The van der Waals surface area contributed by atoms with E-state index in [4.69, 9.17) is 18.0 Å². The van der Waals surface area contributed by atoms with E-state index >= 15 is 0 Å². The number of nitrogens with one attached hydrogen (secondary N) is 1. The molecule has 3 N–H and O–H groups in total. The lowest BCUT2D eigenvalue weighted by molar-refractivity contribution is 1.11. The van der Waals surface area contributed by atoms with Crippen LogP contribution in [0.25, 0.3) is 0 Å². The van der Waals surface area contributed by atoms with Crippen LogP contribution in [-0.2, 0) is 6.54 Å². The molecule has 0 fully saturated rings. The number of aromatic nitrogens is 2. The summed E-state index contributed by atoms with van der Waals surface area (Å²) in [5, 5.41) is 3.28. The van der Waals surface area contributed by atoms with Gasteiger partial charge in [-0.05, 0) is 19.1 Å². The van der Waals surface area contributed by atoms with Gasteiger partial charge in [0.05, 0.1) is 35.3 Å². The van der Waals surface area contributed by atoms with Crippen LogP contribution in [0.4, 0.5) is 5.69 Å². The topological polar surface area (TPSA) is 63.8 Å². The summed E-state index contributed by atoms with van der Waals surface area (Å²) >= 11 is 6.48. The Kier molecular flexibility index (Phi) is 3.65. The standard InChI is InChI=1S/C11H12N4S2/c1-7-10(17-6-15-7)5-13-8-2-3-9(11(12)16)14-4-8/h2-4,6,13H,5H2,1H3,(H2,12,16). The predicted octanol–water partition coefficient (Wildman–Crippen LogP) is 2.09. The average Bonchev–Trinajstić information content (AvgIpc) is 2.73. The molecule has 0 aromatic carbocycles. The molecule has 0 radical (unpaired) electrons. The average molecular weight is 264 g/mol. The Hall–Kier alpha value is -1.53. The number of nitrogens with zero attached hydrogens (tertiary/aromatic N) is 2. The Bertz CT molecular complexity index is 519. The highest BCUT2D eigenvalue weighted by Crippen LogP contribution is 2.14. The van der Waals surface area contributed by atoms with Crippen molar-refractivity contribution in [3.05, 3.63) is 40.1 Å². The number of anilines is 1. The Morgan fingerprint density at radius 2 is 2.29 bits per heavy atom. The van der Waals surface area contributed by atoms with E-state index in [-0.39, 0.29) is 0 Å². The van der Waals surface area contributed by atoms with E-state index in [2.05, 4.69) is 15.3 Å². The van der Waals surface area contributed by atoms with Gasteiger partial charge in [-0.15, -0.1) is 11.3 Å². The van der Waals surface area contributed by atoms with Crippen molar-refractivity contribution >= 4 is 34.2 Å². The van der Waals surface area contributed by atoms with Gasteiger partial charge in [0, 0.05) is 4.88 Å². The van der Waals surface area contributed by atoms with Crippen molar-refractivity contribution in [2.75, 3.05) is 5.32 Å². The molecule has 0 atom stereocenters. The van der Waals surface area contributed by atoms with Gasteiger partial charge in [-0.25, -0.2) is 4.98 Å². The molecule has 2 rings (SSSR count). The summed E-state index contributed by atoms with van der Waals surface area (Å²) in [5.41, 5.74) is 9.97. The molecule has 0 aliphatic rings. The number of thiocarbonyl (C=S) groups is 1. The summed E-state index contributed by atoms with van der Waals surface area (Å²) in [6, 6.07) is 3.72. The minimum Gasteiger partial charge on any atom is -0.388 e. The van der Waals surface area contributed by atoms with Gasteiger partial charge in [-0.1, -0.05) is 12.2 Å². The smallest absolute Gasteiger partial charge is 0.122 e. The van der Waals surface area contributed by atoms with Gasteiger partial charge in [-0.2, -0.15) is 0 Å². The molecule has 0 saturated carbocycles. The van der Waals surface area contributed by atoms with Crippen molar-refractivity contribution in [1.29, 1.82) is 0 Å². The Labute approximate surface area is 109 Å². The summed E-state index contributed by atoms with van der Waals surface area (Å²) in [4.78, 5) is 9.90. The highest BCUT2D eigenvalue weighted by Gasteiger charge is 2.02. The number of thiazole rings is 1. The predicted molar refractivity (Wildman–Crippen MR) is 74.3 cm³/mol. The molecular weight excluding hydrogens is 252 g/mol. The molecule has 0 aliphatic carbocycles. The van der Waals surface area contributed by atoms with E-state index in [1.165, 1.54) is 4.88 Å². The monoisotopic (exact) mass is 264 g/mol. The van der Waals surface area contributed by atoms with Crippen LogP contribution in [0.15, 0.2) is 23.8 Å². The van der Waals surface area contributed by atoms with Crippen LogP contribution >= 0.6 is 23.6 Å². The molecule has 88 valence electrons. The van der Waals surface area contributed by atoms with Crippen LogP contribution in [-0.4, -0.2) is 15.0 Å². The van der Waals surface area contributed by atoms with Gasteiger partial charge in [0.1, 0.15) is 4.99 Å². The Morgan fingerprint density at radius 3 is 2.82 bits per heavy atom. The first-order valence-electron chi connectivity index (χ1n) is 5.05. The molecule has 0 bridgehead atoms. The zero-order valence-corrected chi connectivity index (χ0v) is 10.9. The molecule has 6 heteroatoms.